The zero-order valence-electron chi connectivity index (χ0n) is 21.2. The van der Waals surface area contributed by atoms with Gasteiger partial charge in [0.25, 0.3) is 6.01 Å². The minimum Gasteiger partial charge on any atom is -0.497 e. The van der Waals surface area contributed by atoms with E-state index in [1.165, 1.54) is 4.90 Å². The lowest BCUT2D eigenvalue weighted by Gasteiger charge is -2.25. The normalized spacial score (nSPS) is 11.6. The van der Waals surface area contributed by atoms with Gasteiger partial charge >= 0.3 is 11.7 Å². The highest BCUT2D eigenvalue weighted by Crippen LogP contribution is 2.22. The number of likely N-dealkylation sites (N-methyl/N-ethyl adjacent to an activating group) is 1. The SMILES string of the molecule is COc1ccc(C[C@H](Nc2nc3ccc(CNC(=O)O)c(C)c3c(=O)o2)C(=O)N(C)c2ccccc2)cc1. The highest BCUT2D eigenvalue weighted by atomic mass is 16.5. The number of aromatic nitrogens is 1. The van der Waals surface area contributed by atoms with Crippen molar-refractivity contribution in [1.82, 2.24) is 10.3 Å². The Morgan fingerprint density at radius 1 is 1.08 bits per heavy atom. The molecule has 196 valence electrons. The summed E-state index contributed by atoms with van der Waals surface area (Å²) in [7, 11) is 3.26. The Morgan fingerprint density at radius 2 is 1.79 bits per heavy atom. The van der Waals surface area contributed by atoms with Crippen LogP contribution in [-0.4, -0.2) is 42.3 Å². The molecule has 3 N–H and O–H groups in total. The van der Waals surface area contributed by atoms with Crippen LogP contribution in [0.5, 0.6) is 5.75 Å². The van der Waals surface area contributed by atoms with Crippen molar-refractivity contribution in [3.8, 4) is 5.75 Å². The zero-order chi connectivity index (χ0) is 27.2. The highest BCUT2D eigenvalue weighted by molar-refractivity contribution is 5.98. The second-order valence-electron chi connectivity index (χ2n) is 8.69. The second kappa shape index (κ2) is 11.5. The Morgan fingerprint density at radius 3 is 2.45 bits per heavy atom. The number of para-hydroxylation sites is 1. The average Bonchev–Trinajstić information content (AvgIpc) is 2.92. The lowest BCUT2D eigenvalue weighted by molar-refractivity contribution is -0.119. The van der Waals surface area contributed by atoms with Crippen molar-refractivity contribution >= 4 is 34.6 Å². The van der Waals surface area contributed by atoms with Crippen molar-refractivity contribution in [3.63, 3.8) is 0 Å². The number of hydrogen-bond donors (Lipinski definition) is 3. The topological polar surface area (TPSA) is 134 Å². The van der Waals surface area contributed by atoms with Crippen LogP contribution in [0.1, 0.15) is 16.7 Å². The van der Waals surface area contributed by atoms with E-state index in [-0.39, 0.29) is 23.9 Å². The van der Waals surface area contributed by atoms with E-state index < -0.39 is 17.8 Å². The fraction of sp³-hybridized carbons (Fsp3) is 0.214. The van der Waals surface area contributed by atoms with Crippen molar-refractivity contribution in [1.29, 1.82) is 0 Å². The fourth-order valence-corrected chi connectivity index (χ4v) is 4.15. The Bertz CT molecular complexity index is 1500. The number of methoxy groups -OCH3 is 1. The average molecular weight is 517 g/mol. The third kappa shape index (κ3) is 5.92. The van der Waals surface area contributed by atoms with Gasteiger partial charge in [-0.05, 0) is 53.9 Å². The summed E-state index contributed by atoms with van der Waals surface area (Å²) in [5, 5.41) is 14.5. The number of rotatable bonds is 9. The molecule has 10 heteroatoms. The predicted molar refractivity (Wildman–Crippen MR) is 144 cm³/mol. The van der Waals surface area contributed by atoms with Gasteiger partial charge in [0.15, 0.2) is 0 Å². The summed E-state index contributed by atoms with van der Waals surface area (Å²) < 4.78 is 10.7. The summed E-state index contributed by atoms with van der Waals surface area (Å²) in [5.74, 6) is 0.448. The molecule has 0 aliphatic carbocycles. The number of amides is 2. The van der Waals surface area contributed by atoms with Crippen molar-refractivity contribution < 1.29 is 23.8 Å². The maximum absolute atomic E-state index is 13.6. The maximum atomic E-state index is 13.6. The Labute approximate surface area is 218 Å². The lowest BCUT2D eigenvalue weighted by atomic mass is 10.0. The minimum absolute atomic E-state index is 0.0425. The molecule has 0 bridgehead atoms. The van der Waals surface area contributed by atoms with Crippen molar-refractivity contribution in [2.24, 2.45) is 0 Å². The molecule has 0 fully saturated rings. The molecular formula is C28H28N4O6. The number of aryl methyl sites for hydroxylation is 1. The second-order valence-corrected chi connectivity index (χ2v) is 8.69. The fourth-order valence-electron chi connectivity index (χ4n) is 4.15. The van der Waals surface area contributed by atoms with E-state index in [1.807, 2.05) is 54.6 Å². The van der Waals surface area contributed by atoms with Crippen LogP contribution < -0.4 is 25.9 Å². The van der Waals surface area contributed by atoms with Crippen LogP contribution in [0.15, 0.2) is 75.9 Å². The molecular weight excluding hydrogens is 488 g/mol. The van der Waals surface area contributed by atoms with E-state index in [0.29, 0.717) is 34.5 Å². The summed E-state index contributed by atoms with van der Waals surface area (Å²) in [4.78, 5) is 43.4. The van der Waals surface area contributed by atoms with Crippen molar-refractivity contribution in [2.45, 2.75) is 25.9 Å². The Kier molecular flexibility index (Phi) is 7.91. The first-order valence-electron chi connectivity index (χ1n) is 11.9. The summed E-state index contributed by atoms with van der Waals surface area (Å²) in [5.41, 5.74) is 2.51. The van der Waals surface area contributed by atoms with Gasteiger partial charge in [-0.15, -0.1) is 0 Å². The Hall–Kier alpha value is -4.86. The quantitative estimate of drug-likeness (QED) is 0.304. The third-order valence-corrected chi connectivity index (χ3v) is 6.27. The smallest absolute Gasteiger partial charge is 0.404 e. The van der Waals surface area contributed by atoms with E-state index >= 15 is 0 Å². The molecule has 4 rings (SSSR count). The van der Waals surface area contributed by atoms with Crippen LogP contribution >= 0.6 is 0 Å². The molecule has 1 aromatic heterocycles. The number of carbonyl (C=O) groups excluding carboxylic acids is 1. The highest BCUT2D eigenvalue weighted by Gasteiger charge is 2.25. The van der Waals surface area contributed by atoms with Gasteiger partial charge in [-0.2, -0.15) is 4.98 Å². The molecule has 0 unspecified atom stereocenters. The molecule has 0 saturated heterocycles. The summed E-state index contributed by atoms with van der Waals surface area (Å²) in [6, 6.07) is 19.0. The van der Waals surface area contributed by atoms with Gasteiger partial charge in [-0.1, -0.05) is 36.4 Å². The van der Waals surface area contributed by atoms with E-state index in [9.17, 15) is 14.4 Å². The minimum atomic E-state index is -1.16. The van der Waals surface area contributed by atoms with Crippen LogP contribution in [0, 0.1) is 6.92 Å². The molecule has 0 aliphatic rings. The number of carboxylic acid groups (broad SMARTS) is 1. The maximum Gasteiger partial charge on any atom is 0.404 e. The van der Waals surface area contributed by atoms with E-state index in [4.69, 9.17) is 14.3 Å². The number of carbonyl (C=O) groups is 2. The number of fused-ring (bicyclic) bond motifs is 1. The van der Waals surface area contributed by atoms with Gasteiger partial charge < -0.3 is 29.8 Å². The zero-order valence-corrected chi connectivity index (χ0v) is 21.2. The van der Waals surface area contributed by atoms with Crippen LogP contribution in [0.3, 0.4) is 0 Å². The van der Waals surface area contributed by atoms with Gasteiger partial charge in [0.05, 0.1) is 18.0 Å². The molecule has 0 spiro atoms. The number of ether oxygens (including phenoxy) is 1. The number of nitrogens with zero attached hydrogens (tertiary/aromatic N) is 2. The Balaban J connectivity index is 1.66. The molecule has 0 radical (unpaired) electrons. The number of nitrogens with one attached hydrogen (secondary N) is 2. The first kappa shape index (κ1) is 26.2. The largest absolute Gasteiger partial charge is 0.497 e. The first-order chi connectivity index (χ1) is 18.3. The van der Waals surface area contributed by atoms with Crippen LogP contribution in [0.4, 0.5) is 16.5 Å². The molecule has 4 aromatic rings. The lowest BCUT2D eigenvalue weighted by Crippen LogP contribution is -2.42. The van der Waals surface area contributed by atoms with Gasteiger partial charge in [0.1, 0.15) is 11.8 Å². The summed E-state index contributed by atoms with van der Waals surface area (Å²) >= 11 is 0. The van der Waals surface area contributed by atoms with Crippen molar-refractivity contribution in [2.75, 3.05) is 24.4 Å². The van der Waals surface area contributed by atoms with E-state index in [1.54, 1.807) is 33.2 Å². The standard InChI is InChI=1S/C28H28N4O6/c1-17-19(16-29-28(35)36)11-14-22-24(17)26(34)38-27(30-22)31-23(15-18-9-12-21(37-3)13-10-18)25(33)32(2)20-7-5-4-6-8-20/h4-14,23,29H,15-16H2,1-3H3,(H,30,31)(H,35,36)/t23-/m0/s1. The summed E-state index contributed by atoms with van der Waals surface area (Å²) in [6.07, 6.45) is -0.871. The van der Waals surface area contributed by atoms with Gasteiger partial charge in [-0.25, -0.2) is 9.59 Å². The van der Waals surface area contributed by atoms with Crippen LogP contribution in [-0.2, 0) is 17.8 Å². The molecule has 1 heterocycles. The predicted octanol–water partition coefficient (Wildman–Crippen LogP) is 3.96. The first-order valence-corrected chi connectivity index (χ1v) is 11.9. The molecule has 0 saturated carbocycles. The van der Waals surface area contributed by atoms with Crippen LogP contribution in [0.25, 0.3) is 10.9 Å². The third-order valence-electron chi connectivity index (χ3n) is 6.27. The summed E-state index contributed by atoms with van der Waals surface area (Å²) in [6.45, 7) is 1.75. The monoisotopic (exact) mass is 516 g/mol. The number of hydrogen-bond acceptors (Lipinski definition) is 7. The number of benzene rings is 3. The molecule has 3 aromatic carbocycles. The number of anilines is 2. The van der Waals surface area contributed by atoms with Gasteiger partial charge in [0.2, 0.25) is 5.91 Å². The van der Waals surface area contributed by atoms with Gasteiger partial charge in [-0.3, -0.25) is 4.79 Å². The van der Waals surface area contributed by atoms with Gasteiger partial charge in [0, 0.05) is 25.7 Å². The molecule has 38 heavy (non-hydrogen) atoms. The van der Waals surface area contributed by atoms with Crippen molar-refractivity contribution in [3.05, 3.63) is 93.8 Å². The van der Waals surface area contributed by atoms with E-state index in [0.717, 1.165) is 5.56 Å². The molecule has 0 aliphatic heterocycles. The van der Waals surface area contributed by atoms with Crippen LogP contribution in [0.2, 0.25) is 0 Å². The van der Waals surface area contributed by atoms with E-state index in [2.05, 4.69) is 15.6 Å². The molecule has 10 nitrogen and oxygen atoms in total. The molecule has 1 atom stereocenters. The molecule has 2 amide bonds.